The summed E-state index contributed by atoms with van der Waals surface area (Å²) in [6.45, 7) is 15.7. The molecule has 3 unspecified atom stereocenters. The summed E-state index contributed by atoms with van der Waals surface area (Å²) < 4.78 is 0. The van der Waals surface area contributed by atoms with Crippen LogP contribution in [-0.4, -0.2) is 36.6 Å². The van der Waals surface area contributed by atoms with Gasteiger partial charge in [0.2, 0.25) is 0 Å². The first-order valence-corrected chi connectivity index (χ1v) is 9.43. The molecule has 2 heteroatoms. The lowest BCUT2D eigenvalue weighted by atomic mass is 9.67. The van der Waals surface area contributed by atoms with Crippen LogP contribution in [0.15, 0.2) is 0 Å². The second-order valence-electron chi connectivity index (χ2n) is 8.53. The largest absolute Gasteiger partial charge is 0.314 e. The fourth-order valence-corrected chi connectivity index (χ4v) is 4.23. The Morgan fingerprint density at radius 3 is 2.29 bits per heavy atom. The van der Waals surface area contributed by atoms with Crippen molar-refractivity contribution < 1.29 is 0 Å². The van der Waals surface area contributed by atoms with E-state index in [4.69, 9.17) is 0 Å². The van der Waals surface area contributed by atoms with Crippen LogP contribution in [-0.2, 0) is 0 Å². The lowest BCUT2D eigenvalue weighted by Crippen LogP contribution is -2.48. The highest BCUT2D eigenvalue weighted by molar-refractivity contribution is 4.93. The van der Waals surface area contributed by atoms with E-state index < -0.39 is 0 Å². The van der Waals surface area contributed by atoms with Crippen molar-refractivity contribution in [3.05, 3.63) is 0 Å². The zero-order valence-electron chi connectivity index (χ0n) is 15.1. The summed E-state index contributed by atoms with van der Waals surface area (Å²) in [6, 6.07) is 1.67. The Morgan fingerprint density at radius 2 is 1.76 bits per heavy atom. The zero-order valence-corrected chi connectivity index (χ0v) is 15.1. The summed E-state index contributed by atoms with van der Waals surface area (Å²) in [5.41, 5.74) is 0.477. The molecule has 0 aromatic rings. The molecule has 3 atom stereocenters. The summed E-state index contributed by atoms with van der Waals surface area (Å²) >= 11 is 0. The van der Waals surface area contributed by atoms with Crippen molar-refractivity contribution >= 4 is 0 Å². The molecule has 21 heavy (non-hydrogen) atoms. The van der Waals surface area contributed by atoms with E-state index >= 15 is 0 Å². The molecule has 2 rings (SSSR count). The van der Waals surface area contributed by atoms with Crippen LogP contribution in [0.3, 0.4) is 0 Å². The van der Waals surface area contributed by atoms with Gasteiger partial charge in [-0.15, -0.1) is 0 Å². The molecule has 0 aliphatic heterocycles. The molecule has 0 aromatic heterocycles. The lowest BCUT2D eigenvalue weighted by Gasteiger charge is -2.44. The Balaban J connectivity index is 1.98. The monoisotopic (exact) mass is 294 g/mol. The van der Waals surface area contributed by atoms with E-state index in [1.165, 1.54) is 51.6 Å². The predicted octanol–water partition coefficient (Wildman–Crippen LogP) is 4.30. The number of nitrogens with one attached hydrogen (secondary N) is 1. The highest BCUT2D eigenvalue weighted by Crippen LogP contribution is 2.41. The third-order valence-corrected chi connectivity index (χ3v) is 5.72. The second-order valence-corrected chi connectivity index (χ2v) is 8.53. The van der Waals surface area contributed by atoms with Gasteiger partial charge in [-0.25, -0.2) is 0 Å². The molecule has 2 fully saturated rings. The van der Waals surface area contributed by atoms with Gasteiger partial charge in [0.1, 0.15) is 0 Å². The van der Waals surface area contributed by atoms with Crippen molar-refractivity contribution in [1.82, 2.24) is 10.2 Å². The van der Waals surface area contributed by atoms with Gasteiger partial charge in [0.05, 0.1) is 0 Å². The fraction of sp³-hybridized carbons (Fsp3) is 1.00. The third-order valence-electron chi connectivity index (χ3n) is 5.72. The Hall–Kier alpha value is -0.0800. The van der Waals surface area contributed by atoms with Gasteiger partial charge in [-0.2, -0.15) is 0 Å². The first-order chi connectivity index (χ1) is 9.95. The molecular weight excluding hydrogens is 256 g/mol. The van der Waals surface area contributed by atoms with Crippen LogP contribution < -0.4 is 5.32 Å². The van der Waals surface area contributed by atoms with Crippen LogP contribution in [0.4, 0.5) is 0 Å². The summed E-state index contributed by atoms with van der Waals surface area (Å²) in [5, 5.41) is 3.79. The van der Waals surface area contributed by atoms with E-state index in [1.807, 2.05) is 0 Å². The number of rotatable bonds is 7. The third kappa shape index (κ3) is 4.96. The van der Waals surface area contributed by atoms with Gasteiger partial charge >= 0.3 is 0 Å². The average Bonchev–Trinajstić information content (AvgIpc) is 3.23. The molecule has 0 heterocycles. The molecule has 0 saturated heterocycles. The van der Waals surface area contributed by atoms with Gasteiger partial charge in [-0.05, 0) is 68.9 Å². The standard InChI is InChI=1S/C19H38N2/c1-6-12-21(17-9-10-17)14-15-13-16(19(3,4)5)8-11-18(15)20-7-2/h15-18,20H,6-14H2,1-5H3. The Morgan fingerprint density at radius 1 is 1.05 bits per heavy atom. The Labute approximate surface area is 133 Å². The smallest absolute Gasteiger partial charge is 0.0108 e. The maximum absolute atomic E-state index is 3.79. The lowest BCUT2D eigenvalue weighted by molar-refractivity contribution is 0.0853. The quantitative estimate of drug-likeness (QED) is 0.753. The molecule has 0 aromatic carbocycles. The van der Waals surface area contributed by atoms with E-state index in [2.05, 4.69) is 44.8 Å². The zero-order chi connectivity index (χ0) is 15.5. The van der Waals surface area contributed by atoms with Crippen molar-refractivity contribution in [1.29, 1.82) is 0 Å². The summed E-state index contributed by atoms with van der Waals surface area (Å²) in [4.78, 5) is 2.81. The fourth-order valence-electron chi connectivity index (χ4n) is 4.23. The van der Waals surface area contributed by atoms with Crippen molar-refractivity contribution in [3.8, 4) is 0 Å². The Bertz CT molecular complexity index is 303. The van der Waals surface area contributed by atoms with Crippen LogP contribution in [0, 0.1) is 17.3 Å². The minimum Gasteiger partial charge on any atom is -0.314 e. The van der Waals surface area contributed by atoms with Crippen LogP contribution in [0.1, 0.15) is 73.1 Å². The van der Waals surface area contributed by atoms with E-state index in [1.54, 1.807) is 0 Å². The molecule has 2 nitrogen and oxygen atoms in total. The van der Waals surface area contributed by atoms with E-state index in [0.717, 1.165) is 30.5 Å². The van der Waals surface area contributed by atoms with Crippen molar-refractivity contribution in [3.63, 3.8) is 0 Å². The SMILES string of the molecule is CCCN(CC1CC(C(C)(C)C)CCC1NCC)C1CC1. The first kappa shape index (κ1) is 17.3. The van der Waals surface area contributed by atoms with E-state index in [9.17, 15) is 0 Å². The number of hydrogen-bond acceptors (Lipinski definition) is 2. The molecule has 1 N–H and O–H groups in total. The van der Waals surface area contributed by atoms with Crippen molar-refractivity contribution in [2.75, 3.05) is 19.6 Å². The van der Waals surface area contributed by atoms with Gasteiger partial charge in [-0.1, -0.05) is 34.6 Å². The van der Waals surface area contributed by atoms with Gasteiger partial charge < -0.3 is 10.2 Å². The highest BCUT2D eigenvalue weighted by Gasteiger charge is 2.38. The van der Waals surface area contributed by atoms with Crippen molar-refractivity contribution in [2.45, 2.75) is 85.2 Å². The molecule has 0 amide bonds. The molecule has 0 radical (unpaired) electrons. The Kier molecular flexibility index (Phi) is 6.14. The van der Waals surface area contributed by atoms with Gasteiger partial charge in [0.25, 0.3) is 0 Å². The second kappa shape index (κ2) is 7.46. The molecule has 2 aliphatic carbocycles. The first-order valence-electron chi connectivity index (χ1n) is 9.43. The number of nitrogens with zero attached hydrogens (tertiary/aromatic N) is 1. The van der Waals surface area contributed by atoms with E-state index in [-0.39, 0.29) is 0 Å². The summed E-state index contributed by atoms with van der Waals surface area (Å²) in [5.74, 6) is 1.76. The van der Waals surface area contributed by atoms with Crippen molar-refractivity contribution in [2.24, 2.45) is 17.3 Å². The molecule has 2 aliphatic rings. The maximum Gasteiger partial charge on any atom is 0.0108 e. The normalized spacial score (nSPS) is 30.9. The van der Waals surface area contributed by atoms with E-state index in [0.29, 0.717) is 5.41 Å². The topological polar surface area (TPSA) is 15.3 Å². The molecule has 124 valence electrons. The van der Waals surface area contributed by atoms with Crippen LogP contribution in [0.5, 0.6) is 0 Å². The minimum atomic E-state index is 0.477. The maximum atomic E-state index is 3.79. The molecular formula is C19H38N2. The predicted molar refractivity (Wildman–Crippen MR) is 92.6 cm³/mol. The van der Waals surface area contributed by atoms with Crippen LogP contribution in [0.2, 0.25) is 0 Å². The van der Waals surface area contributed by atoms with Gasteiger partial charge in [0.15, 0.2) is 0 Å². The molecule has 2 saturated carbocycles. The average molecular weight is 295 g/mol. The van der Waals surface area contributed by atoms with Gasteiger partial charge in [-0.3, -0.25) is 0 Å². The van der Waals surface area contributed by atoms with Crippen LogP contribution >= 0.6 is 0 Å². The minimum absolute atomic E-state index is 0.477. The highest BCUT2D eigenvalue weighted by atomic mass is 15.2. The van der Waals surface area contributed by atoms with Crippen LogP contribution in [0.25, 0.3) is 0 Å². The molecule has 0 bridgehead atoms. The summed E-state index contributed by atoms with van der Waals surface area (Å²) in [7, 11) is 0. The summed E-state index contributed by atoms with van der Waals surface area (Å²) in [6.07, 6.45) is 8.41. The van der Waals surface area contributed by atoms with Gasteiger partial charge in [0, 0.05) is 18.6 Å². The number of hydrogen-bond donors (Lipinski definition) is 1. The molecule has 0 spiro atoms.